The number of benzene rings is 3. The van der Waals surface area contributed by atoms with Crippen LogP contribution >= 0.6 is 15.9 Å². The third kappa shape index (κ3) is 5.47. The van der Waals surface area contributed by atoms with E-state index in [2.05, 4.69) is 22.0 Å². The Hall–Kier alpha value is -3.42. The van der Waals surface area contributed by atoms with Crippen molar-refractivity contribution in [2.24, 2.45) is 0 Å². The van der Waals surface area contributed by atoms with Gasteiger partial charge in [0.1, 0.15) is 18.1 Å². The monoisotopic (exact) mass is 535 g/mol. The summed E-state index contributed by atoms with van der Waals surface area (Å²) in [6, 6.07) is 21.5. The fourth-order valence-corrected chi connectivity index (χ4v) is 4.57. The van der Waals surface area contributed by atoms with Gasteiger partial charge in [-0.3, -0.25) is 9.59 Å². The van der Waals surface area contributed by atoms with E-state index in [9.17, 15) is 14.7 Å². The smallest absolute Gasteiger partial charge is 0.295 e. The van der Waals surface area contributed by atoms with Crippen molar-refractivity contribution < 1.29 is 24.2 Å². The first-order valence-corrected chi connectivity index (χ1v) is 12.0. The number of rotatable bonds is 8. The fourth-order valence-electron chi connectivity index (χ4n) is 4.16. The standard InChI is InChI=1S/C28H26BrNO5/c1-18-5-3-6-19(15-18)17-35-23-11-9-20(10-12-23)26(31)24-25(21-7-4-8-22(29)16-21)30(13-14-34-2)28(33)27(24)32/h3-12,15-16,25,31H,13-14,17H2,1-2H3/b26-24-. The van der Waals surface area contributed by atoms with E-state index in [4.69, 9.17) is 9.47 Å². The van der Waals surface area contributed by atoms with E-state index in [0.717, 1.165) is 15.6 Å². The Balaban J connectivity index is 1.64. The molecule has 180 valence electrons. The van der Waals surface area contributed by atoms with E-state index in [0.29, 0.717) is 23.5 Å². The number of likely N-dealkylation sites (tertiary alicyclic amines) is 1. The number of aryl methyl sites for hydroxylation is 1. The van der Waals surface area contributed by atoms with E-state index in [-0.39, 0.29) is 24.5 Å². The van der Waals surface area contributed by atoms with Crippen LogP contribution in [0.15, 0.2) is 82.8 Å². The van der Waals surface area contributed by atoms with E-state index >= 15 is 0 Å². The van der Waals surface area contributed by atoms with Crippen LogP contribution in [0.1, 0.15) is 28.3 Å². The summed E-state index contributed by atoms with van der Waals surface area (Å²) < 4.78 is 11.8. The number of aliphatic hydroxyl groups is 1. The molecule has 1 atom stereocenters. The van der Waals surface area contributed by atoms with E-state index in [1.807, 2.05) is 49.4 Å². The number of ketones is 1. The predicted octanol–water partition coefficient (Wildman–Crippen LogP) is 5.40. The minimum absolute atomic E-state index is 0.0534. The number of ether oxygens (including phenoxy) is 2. The van der Waals surface area contributed by atoms with Gasteiger partial charge in [0.25, 0.3) is 11.7 Å². The minimum Gasteiger partial charge on any atom is -0.507 e. The minimum atomic E-state index is -0.722. The normalized spacial score (nSPS) is 17.1. The molecule has 0 spiro atoms. The van der Waals surface area contributed by atoms with Crippen molar-refractivity contribution in [1.82, 2.24) is 4.90 Å². The fraction of sp³-hybridized carbons (Fsp3) is 0.214. The number of aliphatic hydroxyl groups excluding tert-OH is 1. The molecule has 7 heteroatoms. The molecule has 4 rings (SSSR count). The van der Waals surface area contributed by atoms with Gasteiger partial charge in [-0.2, -0.15) is 0 Å². The molecule has 1 aliphatic rings. The second-order valence-corrected chi connectivity index (χ2v) is 9.26. The van der Waals surface area contributed by atoms with Crippen molar-refractivity contribution in [3.8, 4) is 5.75 Å². The van der Waals surface area contributed by atoms with Crippen molar-refractivity contribution in [2.45, 2.75) is 19.6 Å². The van der Waals surface area contributed by atoms with E-state index in [1.54, 1.807) is 24.3 Å². The molecule has 1 fully saturated rings. The number of methoxy groups -OCH3 is 1. The van der Waals surface area contributed by atoms with Gasteiger partial charge in [-0.15, -0.1) is 0 Å². The summed E-state index contributed by atoms with van der Waals surface area (Å²) in [4.78, 5) is 27.3. The van der Waals surface area contributed by atoms with Crippen LogP contribution in [0, 0.1) is 6.92 Å². The molecule has 3 aromatic carbocycles. The van der Waals surface area contributed by atoms with Crippen LogP contribution < -0.4 is 4.74 Å². The molecule has 0 radical (unpaired) electrons. The first-order chi connectivity index (χ1) is 16.9. The second-order valence-electron chi connectivity index (χ2n) is 8.34. The molecule has 1 heterocycles. The summed E-state index contributed by atoms with van der Waals surface area (Å²) in [7, 11) is 1.54. The summed E-state index contributed by atoms with van der Waals surface area (Å²) >= 11 is 3.45. The Morgan fingerprint density at radius 1 is 1.03 bits per heavy atom. The molecule has 6 nitrogen and oxygen atoms in total. The third-order valence-electron chi connectivity index (χ3n) is 5.86. The van der Waals surface area contributed by atoms with Gasteiger partial charge in [-0.25, -0.2) is 0 Å². The molecular formula is C28H26BrNO5. The van der Waals surface area contributed by atoms with E-state index < -0.39 is 17.7 Å². The number of nitrogens with zero attached hydrogens (tertiary/aromatic N) is 1. The summed E-state index contributed by atoms with van der Waals surface area (Å²) in [6.45, 7) is 2.94. The third-order valence-corrected chi connectivity index (χ3v) is 6.35. The number of Topliss-reactive ketones (excluding diaryl/α,β-unsaturated/α-hetero) is 1. The summed E-state index contributed by atoms with van der Waals surface area (Å²) in [5.41, 5.74) is 3.42. The van der Waals surface area contributed by atoms with Gasteiger partial charge in [-0.05, 0) is 54.4 Å². The first-order valence-electron chi connectivity index (χ1n) is 11.2. The summed E-state index contributed by atoms with van der Waals surface area (Å²) in [6.07, 6.45) is 0. The molecule has 1 aliphatic heterocycles. The Bertz CT molecular complexity index is 1270. The highest BCUT2D eigenvalue weighted by Gasteiger charge is 2.45. The summed E-state index contributed by atoms with van der Waals surface area (Å²) in [5.74, 6) is -0.972. The molecule has 0 saturated carbocycles. The lowest BCUT2D eigenvalue weighted by Gasteiger charge is -2.25. The van der Waals surface area contributed by atoms with Crippen molar-refractivity contribution in [2.75, 3.05) is 20.3 Å². The molecule has 1 N–H and O–H groups in total. The molecule has 0 aromatic heterocycles. The number of hydrogen-bond donors (Lipinski definition) is 1. The molecule has 1 saturated heterocycles. The predicted molar refractivity (Wildman–Crippen MR) is 137 cm³/mol. The number of hydrogen-bond acceptors (Lipinski definition) is 5. The van der Waals surface area contributed by atoms with Gasteiger partial charge >= 0.3 is 0 Å². The summed E-state index contributed by atoms with van der Waals surface area (Å²) in [5, 5.41) is 11.2. The maximum atomic E-state index is 13.0. The molecule has 1 amide bonds. The zero-order valence-electron chi connectivity index (χ0n) is 19.5. The Morgan fingerprint density at radius 2 is 1.77 bits per heavy atom. The molecule has 1 unspecified atom stereocenters. The molecule has 3 aromatic rings. The van der Waals surface area contributed by atoms with Crippen molar-refractivity contribution in [3.05, 3.63) is 105 Å². The molecule has 35 heavy (non-hydrogen) atoms. The molecular weight excluding hydrogens is 510 g/mol. The topological polar surface area (TPSA) is 76.1 Å². The molecule has 0 bridgehead atoms. The van der Waals surface area contributed by atoms with E-state index in [1.165, 1.54) is 12.0 Å². The van der Waals surface area contributed by atoms with Crippen molar-refractivity contribution >= 4 is 33.4 Å². The Morgan fingerprint density at radius 3 is 2.46 bits per heavy atom. The van der Waals surface area contributed by atoms with Gasteiger partial charge in [0.2, 0.25) is 0 Å². The maximum Gasteiger partial charge on any atom is 0.295 e. The Labute approximate surface area is 212 Å². The number of carbonyl (C=O) groups excluding carboxylic acids is 2. The van der Waals surface area contributed by atoms with Crippen LogP contribution in [0.2, 0.25) is 0 Å². The lowest BCUT2D eigenvalue weighted by atomic mass is 9.95. The van der Waals surface area contributed by atoms with Crippen LogP contribution in [0.25, 0.3) is 5.76 Å². The van der Waals surface area contributed by atoms with Gasteiger partial charge in [0, 0.05) is 23.7 Å². The van der Waals surface area contributed by atoms with Crippen LogP contribution in [0.4, 0.5) is 0 Å². The largest absolute Gasteiger partial charge is 0.507 e. The van der Waals surface area contributed by atoms with Crippen molar-refractivity contribution in [1.29, 1.82) is 0 Å². The quantitative estimate of drug-likeness (QED) is 0.237. The highest BCUT2D eigenvalue weighted by atomic mass is 79.9. The van der Waals surface area contributed by atoms with Crippen LogP contribution in [-0.2, 0) is 20.9 Å². The second kappa shape index (κ2) is 10.9. The number of amides is 1. The number of halogens is 1. The Kier molecular flexibility index (Phi) is 7.68. The lowest BCUT2D eigenvalue weighted by Crippen LogP contribution is -2.32. The maximum absolute atomic E-state index is 13.0. The average molecular weight is 536 g/mol. The first kappa shape index (κ1) is 24.7. The van der Waals surface area contributed by atoms with Gasteiger partial charge in [0.05, 0.1) is 18.2 Å². The molecule has 0 aliphatic carbocycles. The highest BCUT2D eigenvalue weighted by molar-refractivity contribution is 9.10. The zero-order chi connectivity index (χ0) is 24.9. The van der Waals surface area contributed by atoms with Gasteiger partial charge < -0.3 is 19.5 Å². The zero-order valence-corrected chi connectivity index (χ0v) is 21.1. The average Bonchev–Trinajstić information content (AvgIpc) is 3.11. The highest BCUT2D eigenvalue weighted by Crippen LogP contribution is 2.40. The van der Waals surface area contributed by atoms with Crippen LogP contribution in [0.3, 0.4) is 0 Å². The SMILES string of the molecule is COCCN1C(=O)C(=O)/C(=C(\O)c2ccc(OCc3cccc(C)c3)cc2)C1c1cccc(Br)c1. The van der Waals surface area contributed by atoms with Crippen molar-refractivity contribution in [3.63, 3.8) is 0 Å². The van der Waals surface area contributed by atoms with Gasteiger partial charge in [-0.1, -0.05) is 57.9 Å². The number of carbonyl (C=O) groups is 2. The lowest BCUT2D eigenvalue weighted by molar-refractivity contribution is -0.140. The van der Waals surface area contributed by atoms with Crippen LogP contribution in [0.5, 0.6) is 5.75 Å². The van der Waals surface area contributed by atoms with Crippen LogP contribution in [-0.4, -0.2) is 42.0 Å². The van der Waals surface area contributed by atoms with Gasteiger partial charge in [0.15, 0.2) is 0 Å².